The van der Waals surface area contributed by atoms with Crippen LogP contribution < -0.4 is 0 Å². The van der Waals surface area contributed by atoms with Crippen molar-refractivity contribution in [2.45, 2.75) is 12.5 Å². The summed E-state index contributed by atoms with van der Waals surface area (Å²) in [5, 5.41) is 0.289. The summed E-state index contributed by atoms with van der Waals surface area (Å²) < 4.78 is 13.2. The molecule has 0 fully saturated rings. The first-order valence-electron chi connectivity index (χ1n) is 11.6. The van der Waals surface area contributed by atoms with Crippen LogP contribution in [0.3, 0.4) is 0 Å². The van der Waals surface area contributed by atoms with E-state index in [4.69, 9.17) is 21.1 Å². The average molecular weight is 503 g/mol. The van der Waals surface area contributed by atoms with E-state index in [1.165, 1.54) is 6.33 Å². The molecule has 8 nitrogen and oxygen atoms in total. The molecule has 2 aromatic heterocycles. The topological polar surface area (TPSA) is 96.2 Å². The van der Waals surface area contributed by atoms with Crippen molar-refractivity contribution in [3.8, 4) is 0 Å². The van der Waals surface area contributed by atoms with Gasteiger partial charge < -0.3 is 14.0 Å². The van der Waals surface area contributed by atoms with Crippen molar-refractivity contribution in [2.75, 3.05) is 13.2 Å². The highest BCUT2D eigenvalue weighted by atomic mass is 35.5. The first-order valence-corrected chi connectivity index (χ1v) is 11.9. The third-order valence-electron chi connectivity index (χ3n) is 6.26. The summed E-state index contributed by atoms with van der Waals surface area (Å²) in [5.74, 6) is -1.02. The van der Waals surface area contributed by atoms with Gasteiger partial charge in [-0.1, -0.05) is 60.2 Å². The number of fused-ring (bicyclic) bond motifs is 1. The molecule has 1 aliphatic rings. The van der Waals surface area contributed by atoms with E-state index in [-0.39, 0.29) is 36.2 Å². The number of nitrogens with zero attached hydrogens (tertiary/aromatic N) is 4. The number of rotatable bonds is 7. The smallest absolute Gasteiger partial charge is 0.338 e. The van der Waals surface area contributed by atoms with Crippen molar-refractivity contribution in [3.05, 3.63) is 102 Å². The molecule has 0 spiro atoms. The number of imidazole rings is 1. The quantitative estimate of drug-likeness (QED) is 0.201. The fourth-order valence-electron chi connectivity index (χ4n) is 4.32. The van der Waals surface area contributed by atoms with Crippen LogP contribution >= 0.6 is 11.6 Å². The van der Waals surface area contributed by atoms with Crippen LogP contribution in [0.4, 0.5) is 0 Å². The number of carbonyl (C=O) groups excluding carboxylic acids is 2. The van der Waals surface area contributed by atoms with Crippen LogP contribution in [0.25, 0.3) is 11.2 Å². The zero-order valence-corrected chi connectivity index (χ0v) is 20.0. The van der Waals surface area contributed by atoms with Gasteiger partial charge >= 0.3 is 11.9 Å². The summed E-state index contributed by atoms with van der Waals surface area (Å²) in [6, 6.07) is 17.6. The fraction of sp³-hybridized carbons (Fsp3) is 0.222. The van der Waals surface area contributed by atoms with E-state index in [1.54, 1.807) is 54.9 Å². The zero-order chi connectivity index (χ0) is 24.9. The van der Waals surface area contributed by atoms with Gasteiger partial charge in [-0.15, -0.1) is 0 Å². The second-order valence-electron chi connectivity index (χ2n) is 8.53. The Morgan fingerprint density at radius 3 is 2.17 bits per heavy atom. The minimum Gasteiger partial charge on any atom is -0.462 e. The van der Waals surface area contributed by atoms with Crippen molar-refractivity contribution in [1.82, 2.24) is 19.5 Å². The Hall–Kier alpha value is -4.04. The van der Waals surface area contributed by atoms with Crippen molar-refractivity contribution >= 4 is 34.7 Å². The molecule has 0 unspecified atom stereocenters. The predicted molar refractivity (Wildman–Crippen MR) is 134 cm³/mol. The third kappa shape index (κ3) is 5.13. The van der Waals surface area contributed by atoms with Crippen molar-refractivity contribution < 1.29 is 19.1 Å². The molecule has 0 N–H and O–H groups in total. The van der Waals surface area contributed by atoms with Crippen LogP contribution in [0.1, 0.15) is 33.2 Å². The predicted octanol–water partition coefficient (Wildman–Crippen LogP) is 4.93. The van der Waals surface area contributed by atoms with Crippen molar-refractivity contribution in [3.63, 3.8) is 0 Å². The molecular formula is C27H23ClN4O4. The lowest BCUT2D eigenvalue weighted by Crippen LogP contribution is -2.31. The van der Waals surface area contributed by atoms with Gasteiger partial charge in [-0.05, 0) is 30.7 Å². The number of aromatic nitrogens is 4. The normalized spacial score (nSPS) is 19.2. The maximum atomic E-state index is 12.6. The van der Waals surface area contributed by atoms with Crippen LogP contribution in [0.2, 0.25) is 5.15 Å². The van der Waals surface area contributed by atoms with Gasteiger partial charge in [0.25, 0.3) is 0 Å². The fourth-order valence-corrected chi connectivity index (χ4v) is 4.49. The molecule has 5 rings (SSSR count). The minimum absolute atomic E-state index is 0.0949. The molecule has 0 aliphatic heterocycles. The number of carbonyl (C=O) groups is 2. The van der Waals surface area contributed by atoms with Crippen molar-refractivity contribution in [2.24, 2.45) is 11.8 Å². The van der Waals surface area contributed by atoms with E-state index < -0.39 is 11.9 Å². The Kier molecular flexibility index (Phi) is 7.04. The minimum atomic E-state index is -0.394. The third-order valence-corrected chi connectivity index (χ3v) is 6.53. The molecule has 0 amide bonds. The maximum absolute atomic E-state index is 12.6. The molecule has 0 saturated carbocycles. The number of benzene rings is 2. The number of hydrogen-bond donors (Lipinski definition) is 0. The summed E-state index contributed by atoms with van der Waals surface area (Å²) in [7, 11) is 0. The Balaban J connectivity index is 1.34. The Morgan fingerprint density at radius 1 is 0.861 bits per heavy atom. The van der Waals surface area contributed by atoms with Gasteiger partial charge in [-0.3, -0.25) is 0 Å². The highest BCUT2D eigenvalue weighted by Gasteiger charge is 2.31. The van der Waals surface area contributed by atoms with Crippen LogP contribution in [0.5, 0.6) is 0 Å². The lowest BCUT2D eigenvalue weighted by atomic mass is 9.82. The lowest BCUT2D eigenvalue weighted by molar-refractivity contribution is 0.0243. The number of hydrogen-bond acceptors (Lipinski definition) is 7. The molecule has 0 bridgehead atoms. The molecule has 3 atom stereocenters. The lowest BCUT2D eigenvalue weighted by Gasteiger charge is -2.32. The van der Waals surface area contributed by atoms with E-state index in [9.17, 15) is 9.59 Å². The van der Waals surface area contributed by atoms with Crippen LogP contribution in [-0.4, -0.2) is 44.7 Å². The molecule has 182 valence electrons. The van der Waals surface area contributed by atoms with Gasteiger partial charge in [0.1, 0.15) is 11.8 Å². The molecule has 2 heterocycles. The van der Waals surface area contributed by atoms with E-state index in [0.717, 1.165) is 0 Å². The standard InChI is InChI=1S/C27H23ClN4O4/c28-24-23-25(30-16-29-24)32(17-31-23)22-12-11-20(14-35-26(33)18-7-3-1-4-8-18)21(13-22)15-36-27(34)19-9-5-2-6-10-19/h1-12,16-17,20-22H,13-15H2/t20-,21-,22+/m1/s1. The van der Waals surface area contributed by atoms with E-state index in [1.807, 2.05) is 28.9 Å². The largest absolute Gasteiger partial charge is 0.462 e. The number of allylic oxidation sites excluding steroid dienone is 1. The molecule has 9 heteroatoms. The summed E-state index contributed by atoms with van der Waals surface area (Å²) >= 11 is 6.17. The highest BCUT2D eigenvalue weighted by molar-refractivity contribution is 6.33. The van der Waals surface area contributed by atoms with Gasteiger partial charge in [-0.25, -0.2) is 24.5 Å². The molecular weight excluding hydrogens is 480 g/mol. The molecule has 36 heavy (non-hydrogen) atoms. The van der Waals surface area contributed by atoms with E-state index in [2.05, 4.69) is 15.0 Å². The van der Waals surface area contributed by atoms with Crippen LogP contribution in [0, 0.1) is 11.8 Å². The number of esters is 2. The second kappa shape index (κ2) is 10.7. The molecule has 2 aromatic carbocycles. The first-order chi connectivity index (χ1) is 17.6. The second-order valence-corrected chi connectivity index (χ2v) is 8.89. The Labute approximate surface area is 212 Å². The van der Waals surface area contributed by atoms with E-state index >= 15 is 0 Å². The summed E-state index contributed by atoms with van der Waals surface area (Å²) in [5.41, 5.74) is 2.13. The Morgan fingerprint density at radius 2 is 1.50 bits per heavy atom. The van der Waals surface area contributed by atoms with Crippen LogP contribution in [-0.2, 0) is 9.47 Å². The summed E-state index contributed by atoms with van der Waals surface area (Å²) in [6.45, 7) is 0.341. The van der Waals surface area contributed by atoms with Crippen LogP contribution in [0.15, 0.2) is 85.5 Å². The van der Waals surface area contributed by atoms with Gasteiger partial charge in [0, 0.05) is 11.8 Å². The van der Waals surface area contributed by atoms with Gasteiger partial charge in [0.05, 0.1) is 36.7 Å². The molecule has 0 radical (unpaired) electrons. The number of halogens is 1. The Bertz CT molecular complexity index is 1390. The first kappa shape index (κ1) is 23.7. The number of ether oxygens (including phenoxy) is 2. The molecule has 0 saturated heterocycles. The monoisotopic (exact) mass is 502 g/mol. The SMILES string of the molecule is O=C(OC[C@H]1C[C@@H](n2cnc3c(Cl)ncnc32)C=C[C@@H]1COC(=O)c1ccccc1)c1ccccc1. The van der Waals surface area contributed by atoms with Gasteiger partial charge in [-0.2, -0.15) is 0 Å². The average Bonchev–Trinajstić information content (AvgIpc) is 3.37. The zero-order valence-electron chi connectivity index (χ0n) is 19.2. The molecule has 1 aliphatic carbocycles. The van der Waals surface area contributed by atoms with Gasteiger partial charge in [0.15, 0.2) is 10.8 Å². The van der Waals surface area contributed by atoms with E-state index in [0.29, 0.717) is 28.7 Å². The summed E-state index contributed by atoms with van der Waals surface area (Å²) in [4.78, 5) is 37.8. The molecule has 4 aromatic rings. The van der Waals surface area contributed by atoms with Gasteiger partial charge in [0.2, 0.25) is 0 Å². The summed E-state index contributed by atoms with van der Waals surface area (Å²) in [6.07, 6.45) is 7.75. The maximum Gasteiger partial charge on any atom is 0.338 e. The van der Waals surface area contributed by atoms with Crippen molar-refractivity contribution in [1.29, 1.82) is 0 Å². The highest BCUT2D eigenvalue weighted by Crippen LogP contribution is 2.34.